The van der Waals surface area contributed by atoms with Gasteiger partial charge in [0.1, 0.15) is 0 Å². The van der Waals surface area contributed by atoms with Crippen molar-refractivity contribution in [1.29, 1.82) is 0 Å². The number of halogens is 3. The number of rotatable bonds is 2. The lowest BCUT2D eigenvalue weighted by Gasteiger charge is -2.07. The van der Waals surface area contributed by atoms with Crippen molar-refractivity contribution in [3.8, 4) is 0 Å². The van der Waals surface area contributed by atoms with Gasteiger partial charge in [-0.2, -0.15) is 0 Å². The third-order valence-electron chi connectivity index (χ3n) is 3.87. The van der Waals surface area contributed by atoms with Gasteiger partial charge in [-0.1, -0.05) is 53.3 Å². The van der Waals surface area contributed by atoms with Crippen LogP contribution in [0.4, 0.5) is 13.2 Å². The summed E-state index contributed by atoms with van der Waals surface area (Å²) in [6.45, 7) is 12.3. The zero-order valence-electron chi connectivity index (χ0n) is 14.7. The highest BCUT2D eigenvalue weighted by molar-refractivity contribution is 5.31. The van der Waals surface area contributed by atoms with E-state index in [-0.39, 0.29) is 13.3 Å². The average molecular weight is 338 g/mol. The van der Waals surface area contributed by atoms with E-state index in [4.69, 9.17) is 0 Å². The first-order chi connectivity index (χ1) is 10.6. The highest BCUT2D eigenvalue weighted by Gasteiger charge is 2.11. The highest BCUT2D eigenvalue weighted by Crippen LogP contribution is 2.20. The maximum absolute atomic E-state index is 12.6. The molecule has 2 aromatic carbocycles. The van der Waals surface area contributed by atoms with Crippen molar-refractivity contribution in [3.63, 3.8) is 0 Å². The van der Waals surface area contributed by atoms with Crippen molar-refractivity contribution in [3.05, 3.63) is 70.0 Å². The van der Waals surface area contributed by atoms with Gasteiger partial charge in [0, 0.05) is 0 Å². The first-order valence-corrected chi connectivity index (χ1v) is 7.85. The van der Waals surface area contributed by atoms with Gasteiger partial charge in [-0.15, -0.1) is 0 Å². The predicted octanol–water partition coefficient (Wildman–Crippen LogP) is 7.29. The number of aryl methyl sites for hydroxylation is 2. The molecule has 0 aliphatic heterocycles. The Balaban J connectivity index is 0.000000425. The molecule has 0 spiro atoms. The molecule has 0 fully saturated rings. The summed E-state index contributed by atoms with van der Waals surface area (Å²) in [6.07, 6.45) is 0. The second-order valence-electron chi connectivity index (χ2n) is 6.45. The Hall–Kier alpha value is -1.77. The van der Waals surface area contributed by atoms with E-state index in [0.29, 0.717) is 11.5 Å². The average Bonchev–Trinajstić information content (AvgIpc) is 2.47. The van der Waals surface area contributed by atoms with Crippen molar-refractivity contribution in [1.82, 2.24) is 0 Å². The van der Waals surface area contributed by atoms with E-state index in [0.717, 1.165) is 12.1 Å². The number of hydrogen-bond acceptors (Lipinski definition) is 0. The van der Waals surface area contributed by atoms with E-state index < -0.39 is 17.5 Å². The molecule has 0 aliphatic carbocycles. The van der Waals surface area contributed by atoms with Crippen molar-refractivity contribution in [2.24, 2.45) is 0 Å². The van der Waals surface area contributed by atoms with E-state index in [1.165, 1.54) is 16.7 Å². The zero-order chi connectivity index (χ0) is 17.7. The van der Waals surface area contributed by atoms with Crippen LogP contribution in [0, 0.1) is 31.3 Å². The first-order valence-electron chi connectivity index (χ1n) is 7.85. The predicted molar refractivity (Wildman–Crippen MR) is 97.1 cm³/mol. The summed E-state index contributed by atoms with van der Waals surface area (Å²) in [4.78, 5) is 0. The van der Waals surface area contributed by atoms with Crippen molar-refractivity contribution in [2.75, 3.05) is 0 Å². The molecule has 0 heterocycles. The van der Waals surface area contributed by atoms with Gasteiger partial charge in [0.15, 0.2) is 17.5 Å². The lowest BCUT2D eigenvalue weighted by atomic mass is 9.99. The van der Waals surface area contributed by atoms with Crippen molar-refractivity contribution in [2.45, 2.75) is 60.8 Å². The summed E-state index contributed by atoms with van der Waals surface area (Å²) in [5.41, 5.74) is 4.69. The molecule has 3 heteroatoms. The fourth-order valence-electron chi connectivity index (χ4n) is 2.03. The standard InChI is InChI=1S/C11H16.C9H9F3.CH4/c1-8(2)11-6-5-9(3)10(4)7-11;1-5(2)6-3-7(10)9(12)8(11)4-6;/h5-8H,1-4H3;3-5H,1-2H3;1H4. The number of hydrogen-bond donors (Lipinski definition) is 0. The Kier molecular flexibility index (Phi) is 8.81. The van der Waals surface area contributed by atoms with Crippen molar-refractivity contribution >= 4 is 0 Å². The minimum atomic E-state index is -1.40. The molecule has 0 bridgehead atoms. The van der Waals surface area contributed by atoms with Crippen LogP contribution in [-0.2, 0) is 0 Å². The molecule has 0 radical (unpaired) electrons. The second-order valence-corrected chi connectivity index (χ2v) is 6.45. The van der Waals surface area contributed by atoms with Gasteiger partial charge in [0.2, 0.25) is 0 Å². The lowest BCUT2D eigenvalue weighted by Crippen LogP contribution is -1.95. The minimum absolute atomic E-state index is 0. The van der Waals surface area contributed by atoms with Crippen molar-refractivity contribution < 1.29 is 13.2 Å². The largest absolute Gasteiger partial charge is 0.204 e. The van der Waals surface area contributed by atoms with Gasteiger partial charge in [-0.25, -0.2) is 13.2 Å². The summed E-state index contributed by atoms with van der Waals surface area (Å²) in [5, 5.41) is 0. The van der Waals surface area contributed by atoms with E-state index in [1.54, 1.807) is 13.8 Å². The van der Waals surface area contributed by atoms with Crippen LogP contribution < -0.4 is 0 Å². The second kappa shape index (κ2) is 9.51. The zero-order valence-corrected chi connectivity index (χ0v) is 14.7. The third kappa shape index (κ3) is 6.03. The van der Waals surface area contributed by atoms with Crippen LogP contribution in [0.5, 0.6) is 0 Å². The molecular weight excluding hydrogens is 309 g/mol. The van der Waals surface area contributed by atoms with E-state index in [1.807, 2.05) is 0 Å². The molecule has 0 N–H and O–H groups in total. The summed E-state index contributed by atoms with van der Waals surface area (Å²) in [6, 6.07) is 8.73. The van der Waals surface area contributed by atoms with Crippen LogP contribution in [0.1, 0.15) is 69.2 Å². The first kappa shape index (κ1) is 22.2. The van der Waals surface area contributed by atoms with Crippen LogP contribution >= 0.6 is 0 Å². The molecule has 2 aromatic rings. The third-order valence-corrected chi connectivity index (χ3v) is 3.87. The van der Waals surface area contributed by atoms with E-state index in [9.17, 15) is 13.2 Å². The van der Waals surface area contributed by atoms with Gasteiger partial charge in [0.05, 0.1) is 0 Å². The molecule has 0 amide bonds. The van der Waals surface area contributed by atoms with Gasteiger partial charge < -0.3 is 0 Å². The Morgan fingerprint density at radius 3 is 1.50 bits per heavy atom. The summed E-state index contributed by atoms with van der Waals surface area (Å²) in [5.74, 6) is -3.01. The molecule has 0 nitrogen and oxygen atoms in total. The van der Waals surface area contributed by atoms with Crippen LogP contribution in [-0.4, -0.2) is 0 Å². The van der Waals surface area contributed by atoms with Gasteiger partial charge in [-0.3, -0.25) is 0 Å². The fraction of sp³-hybridized carbons (Fsp3) is 0.429. The summed E-state index contributed by atoms with van der Waals surface area (Å²) >= 11 is 0. The van der Waals surface area contributed by atoms with Gasteiger partial charge in [-0.05, 0) is 60.1 Å². The Morgan fingerprint density at radius 1 is 0.667 bits per heavy atom. The molecule has 0 aromatic heterocycles. The molecule has 134 valence electrons. The molecule has 0 aliphatic rings. The molecular formula is C21H29F3. The minimum Gasteiger partial charge on any atom is -0.204 e. The van der Waals surface area contributed by atoms with Gasteiger partial charge >= 0.3 is 0 Å². The van der Waals surface area contributed by atoms with Crippen LogP contribution in [0.25, 0.3) is 0 Å². The maximum atomic E-state index is 12.6. The van der Waals surface area contributed by atoms with Crippen LogP contribution in [0.2, 0.25) is 0 Å². The molecule has 0 saturated heterocycles. The highest BCUT2D eigenvalue weighted by atomic mass is 19.2. The van der Waals surface area contributed by atoms with Crippen LogP contribution in [0.3, 0.4) is 0 Å². The summed E-state index contributed by atoms with van der Waals surface area (Å²) < 4.78 is 37.6. The van der Waals surface area contributed by atoms with Gasteiger partial charge in [0.25, 0.3) is 0 Å². The quantitative estimate of drug-likeness (QED) is 0.504. The fourth-order valence-corrected chi connectivity index (χ4v) is 2.03. The maximum Gasteiger partial charge on any atom is 0.194 e. The Labute approximate surface area is 144 Å². The molecule has 0 atom stereocenters. The van der Waals surface area contributed by atoms with Crippen LogP contribution in [0.15, 0.2) is 30.3 Å². The molecule has 2 rings (SSSR count). The smallest absolute Gasteiger partial charge is 0.194 e. The Bertz CT molecular complexity index is 635. The molecule has 0 unspecified atom stereocenters. The van der Waals surface area contributed by atoms with E-state index in [2.05, 4.69) is 45.9 Å². The SMILES string of the molecule is C.CC(C)c1cc(F)c(F)c(F)c1.Cc1ccc(C(C)C)cc1C. The number of benzene rings is 2. The lowest BCUT2D eigenvalue weighted by molar-refractivity contribution is 0.444. The van der Waals surface area contributed by atoms with E-state index >= 15 is 0 Å². The Morgan fingerprint density at radius 2 is 1.12 bits per heavy atom. The monoisotopic (exact) mass is 338 g/mol. The topological polar surface area (TPSA) is 0 Å². The normalized spacial score (nSPS) is 10.3. The summed E-state index contributed by atoms with van der Waals surface area (Å²) in [7, 11) is 0. The molecule has 24 heavy (non-hydrogen) atoms. The molecule has 0 saturated carbocycles.